The number of aliphatic hydroxyl groups is 1. The van der Waals surface area contributed by atoms with Gasteiger partial charge in [0.2, 0.25) is 5.60 Å². The van der Waals surface area contributed by atoms with Crippen molar-refractivity contribution in [1.29, 1.82) is 0 Å². The van der Waals surface area contributed by atoms with Crippen LogP contribution >= 0.6 is 0 Å². The van der Waals surface area contributed by atoms with E-state index in [4.69, 9.17) is 0 Å². The molecule has 0 saturated carbocycles. The minimum atomic E-state index is -4.81. The summed E-state index contributed by atoms with van der Waals surface area (Å²) in [6.07, 6.45) is -1.23. The van der Waals surface area contributed by atoms with Crippen LogP contribution in [0, 0.1) is 0 Å². The average Bonchev–Trinajstić information content (AvgIpc) is 2.91. The highest BCUT2D eigenvalue weighted by atomic mass is 19.4. The molecule has 0 aromatic heterocycles. The summed E-state index contributed by atoms with van der Waals surface area (Å²) < 4.78 is 41.5. The number of hydrogen-bond acceptors (Lipinski definition) is 1. The first-order chi connectivity index (χ1) is 12.4. The lowest BCUT2D eigenvalue weighted by Crippen LogP contribution is -2.41. The zero-order valence-electron chi connectivity index (χ0n) is 13.7. The molecule has 0 spiro atoms. The van der Waals surface area contributed by atoms with E-state index in [1.165, 1.54) is 18.2 Å². The van der Waals surface area contributed by atoms with Crippen molar-refractivity contribution < 1.29 is 18.3 Å². The molecule has 4 heteroatoms. The van der Waals surface area contributed by atoms with Crippen LogP contribution in [0.3, 0.4) is 0 Å². The SMILES string of the molecule is OC1(C(F)(F)F)c2ccccc2-c2ccc(C=Cc3ccccc3)cc21. The number of halogens is 3. The van der Waals surface area contributed by atoms with E-state index in [1.807, 2.05) is 36.4 Å². The Labute approximate surface area is 149 Å². The highest BCUT2D eigenvalue weighted by molar-refractivity contribution is 5.82. The van der Waals surface area contributed by atoms with Crippen molar-refractivity contribution >= 4 is 12.2 Å². The van der Waals surface area contributed by atoms with E-state index in [-0.39, 0.29) is 11.1 Å². The Kier molecular flexibility index (Phi) is 3.74. The van der Waals surface area contributed by atoms with E-state index in [9.17, 15) is 18.3 Å². The van der Waals surface area contributed by atoms with Crippen LogP contribution in [0.1, 0.15) is 22.3 Å². The summed E-state index contributed by atoms with van der Waals surface area (Å²) in [4.78, 5) is 0. The molecule has 3 aromatic rings. The predicted molar refractivity (Wildman–Crippen MR) is 96.3 cm³/mol. The molecule has 1 aliphatic rings. The van der Waals surface area contributed by atoms with Crippen molar-refractivity contribution in [1.82, 2.24) is 0 Å². The first-order valence-electron chi connectivity index (χ1n) is 8.18. The normalized spacial score (nSPS) is 18.8. The fourth-order valence-electron chi connectivity index (χ4n) is 3.44. The van der Waals surface area contributed by atoms with Crippen LogP contribution in [-0.2, 0) is 5.60 Å². The van der Waals surface area contributed by atoms with Crippen LogP contribution in [-0.4, -0.2) is 11.3 Å². The summed E-state index contributed by atoms with van der Waals surface area (Å²) in [5, 5.41) is 10.7. The van der Waals surface area contributed by atoms with Crippen LogP contribution < -0.4 is 0 Å². The Balaban J connectivity index is 1.84. The lowest BCUT2D eigenvalue weighted by molar-refractivity contribution is -0.246. The third-order valence-electron chi connectivity index (χ3n) is 4.72. The Bertz CT molecular complexity index is 990. The summed E-state index contributed by atoms with van der Waals surface area (Å²) in [5.41, 5.74) is -0.855. The number of alkyl halides is 3. The van der Waals surface area contributed by atoms with Gasteiger partial charge in [-0.2, -0.15) is 13.2 Å². The Morgan fingerprint density at radius 2 is 1.31 bits per heavy atom. The largest absolute Gasteiger partial charge is 0.425 e. The molecular formula is C22H15F3O. The maximum absolute atomic E-state index is 13.8. The van der Waals surface area contributed by atoms with Crippen LogP contribution in [0.5, 0.6) is 0 Å². The lowest BCUT2D eigenvalue weighted by atomic mass is 9.90. The van der Waals surface area contributed by atoms with Gasteiger partial charge in [-0.15, -0.1) is 0 Å². The Morgan fingerprint density at radius 3 is 2.04 bits per heavy atom. The maximum atomic E-state index is 13.8. The van der Waals surface area contributed by atoms with Crippen molar-refractivity contribution in [3.05, 3.63) is 95.1 Å². The zero-order valence-corrected chi connectivity index (χ0v) is 13.7. The lowest BCUT2D eigenvalue weighted by Gasteiger charge is -2.28. The second-order valence-electron chi connectivity index (χ2n) is 6.30. The number of rotatable bonds is 2. The predicted octanol–water partition coefficient (Wildman–Crippen LogP) is 5.64. The molecule has 0 bridgehead atoms. The Morgan fingerprint density at radius 1 is 0.692 bits per heavy atom. The third-order valence-corrected chi connectivity index (χ3v) is 4.72. The van der Waals surface area contributed by atoms with Gasteiger partial charge in [0.05, 0.1) is 0 Å². The third kappa shape index (κ3) is 2.45. The molecule has 0 heterocycles. The highest BCUT2D eigenvalue weighted by Gasteiger charge is 2.60. The standard InChI is InChI=1S/C22H15F3O/c23-22(24,25)21(26)19-9-5-4-8-17(19)18-13-12-16(14-20(18)21)11-10-15-6-2-1-3-7-15/h1-14,26H. The topological polar surface area (TPSA) is 20.2 Å². The van der Waals surface area contributed by atoms with E-state index in [2.05, 4.69) is 0 Å². The van der Waals surface area contributed by atoms with Crippen LogP contribution in [0.4, 0.5) is 13.2 Å². The fourth-order valence-corrected chi connectivity index (χ4v) is 3.44. The van der Waals surface area contributed by atoms with E-state index >= 15 is 0 Å². The molecule has 0 saturated heterocycles. The monoisotopic (exact) mass is 352 g/mol. The van der Waals surface area contributed by atoms with Crippen LogP contribution in [0.25, 0.3) is 23.3 Å². The van der Waals surface area contributed by atoms with Gasteiger partial charge in [-0.25, -0.2) is 0 Å². The summed E-state index contributed by atoms with van der Waals surface area (Å²) in [5.74, 6) is 0. The molecule has 1 aliphatic carbocycles. The molecule has 0 radical (unpaired) electrons. The van der Waals surface area contributed by atoms with E-state index < -0.39 is 11.8 Å². The molecule has 26 heavy (non-hydrogen) atoms. The van der Waals surface area contributed by atoms with Gasteiger partial charge in [0.25, 0.3) is 0 Å². The number of benzene rings is 3. The van der Waals surface area contributed by atoms with Gasteiger partial charge >= 0.3 is 6.18 Å². The number of hydrogen-bond donors (Lipinski definition) is 1. The summed E-state index contributed by atoms with van der Waals surface area (Å²) >= 11 is 0. The smallest absolute Gasteiger partial charge is 0.372 e. The molecule has 0 aliphatic heterocycles. The van der Waals surface area contributed by atoms with Gasteiger partial charge in [0, 0.05) is 11.1 Å². The summed E-state index contributed by atoms with van der Waals surface area (Å²) in [7, 11) is 0. The molecule has 0 fully saturated rings. The van der Waals surface area contributed by atoms with E-state index in [0.29, 0.717) is 16.7 Å². The first-order valence-corrected chi connectivity index (χ1v) is 8.18. The molecule has 0 amide bonds. The number of fused-ring (bicyclic) bond motifs is 3. The molecular weight excluding hydrogens is 337 g/mol. The van der Waals surface area contributed by atoms with Crippen molar-refractivity contribution in [2.75, 3.05) is 0 Å². The van der Waals surface area contributed by atoms with E-state index in [1.54, 1.807) is 30.3 Å². The Hall–Kier alpha value is -2.85. The molecule has 1 atom stereocenters. The highest BCUT2D eigenvalue weighted by Crippen LogP contribution is 2.55. The molecule has 1 unspecified atom stereocenters. The first kappa shape index (κ1) is 16.6. The van der Waals surface area contributed by atoms with Gasteiger partial charge in [0.15, 0.2) is 0 Å². The molecule has 1 N–H and O–H groups in total. The van der Waals surface area contributed by atoms with Gasteiger partial charge in [-0.1, -0.05) is 78.9 Å². The average molecular weight is 352 g/mol. The minimum Gasteiger partial charge on any atom is -0.372 e. The van der Waals surface area contributed by atoms with Gasteiger partial charge in [-0.05, 0) is 28.3 Å². The van der Waals surface area contributed by atoms with Crippen LogP contribution in [0.2, 0.25) is 0 Å². The van der Waals surface area contributed by atoms with Crippen molar-refractivity contribution in [3.8, 4) is 11.1 Å². The second-order valence-corrected chi connectivity index (χ2v) is 6.30. The minimum absolute atomic E-state index is 0.119. The molecule has 130 valence electrons. The van der Waals surface area contributed by atoms with Gasteiger partial charge in [0.1, 0.15) is 0 Å². The maximum Gasteiger partial charge on any atom is 0.425 e. The molecule has 1 nitrogen and oxygen atoms in total. The van der Waals surface area contributed by atoms with Crippen molar-refractivity contribution in [2.45, 2.75) is 11.8 Å². The van der Waals surface area contributed by atoms with Crippen molar-refractivity contribution in [2.24, 2.45) is 0 Å². The van der Waals surface area contributed by atoms with Crippen LogP contribution in [0.15, 0.2) is 72.8 Å². The second kappa shape index (κ2) is 5.85. The van der Waals surface area contributed by atoms with Gasteiger partial charge < -0.3 is 5.11 Å². The van der Waals surface area contributed by atoms with Gasteiger partial charge in [-0.3, -0.25) is 0 Å². The zero-order chi connectivity index (χ0) is 18.4. The molecule has 4 rings (SSSR count). The van der Waals surface area contributed by atoms with E-state index in [0.717, 1.165) is 5.56 Å². The quantitative estimate of drug-likeness (QED) is 0.592. The summed E-state index contributed by atoms with van der Waals surface area (Å²) in [6, 6.07) is 20.4. The summed E-state index contributed by atoms with van der Waals surface area (Å²) in [6.45, 7) is 0. The molecule has 3 aromatic carbocycles. The van der Waals surface area contributed by atoms with Crippen molar-refractivity contribution in [3.63, 3.8) is 0 Å². The fraction of sp³-hybridized carbons (Fsp3) is 0.0909.